The third kappa shape index (κ3) is 6.65. The Kier molecular flexibility index (Phi) is 9.80. The largest absolute Gasteiger partial charge is 0.310 e. The van der Waals surface area contributed by atoms with Gasteiger partial charge in [-0.1, -0.05) is 218 Å². The molecule has 0 bridgehead atoms. The number of nitrogens with zero attached hydrogens (tertiary/aromatic N) is 3. The Labute approximate surface area is 402 Å². The summed E-state index contributed by atoms with van der Waals surface area (Å²) in [5, 5.41) is 9.02. The smallest absolute Gasteiger partial charge is 0.252 e. The second-order valence-electron chi connectivity index (χ2n) is 18.0. The molecule has 1 aliphatic carbocycles. The molecule has 1 aliphatic heterocycles. The van der Waals surface area contributed by atoms with Crippen molar-refractivity contribution in [2.24, 2.45) is 5.11 Å². The molecular weight excluding hydrogens is 835 g/mol. The van der Waals surface area contributed by atoms with E-state index in [-0.39, 0.29) is 6.04 Å². The van der Waals surface area contributed by atoms with Gasteiger partial charge in [0.25, 0.3) is 5.35 Å². The predicted molar refractivity (Wildman–Crippen MR) is 283 cm³/mol. The van der Waals surface area contributed by atoms with Gasteiger partial charge in [0.1, 0.15) is 0 Å². The number of aromatic nitrogens is 1. The van der Waals surface area contributed by atoms with Gasteiger partial charge in [-0.15, -0.1) is 0 Å². The van der Waals surface area contributed by atoms with Crippen molar-refractivity contribution in [2.75, 3.05) is 4.90 Å². The van der Waals surface area contributed by atoms with Crippen molar-refractivity contribution in [3.8, 4) is 33.5 Å². The fourth-order valence-corrected chi connectivity index (χ4v) is 11.2. The molecule has 0 fully saturated rings. The summed E-state index contributed by atoms with van der Waals surface area (Å²) in [6, 6.07) is 99.4. The summed E-state index contributed by atoms with van der Waals surface area (Å²) in [6.45, 7) is 0. The third-order valence-corrected chi connectivity index (χ3v) is 14.2. The first-order valence-electron chi connectivity index (χ1n) is 23.8. The van der Waals surface area contributed by atoms with E-state index in [2.05, 4.69) is 282 Å². The molecular formula is C66H46N3+. The fraction of sp³-hybridized carbons (Fsp3) is 0.0303. The van der Waals surface area contributed by atoms with Crippen molar-refractivity contribution in [1.29, 1.82) is 0 Å². The number of hydrogen-bond donors (Lipinski definition) is 0. The number of benzene rings is 10. The van der Waals surface area contributed by atoms with Gasteiger partial charge in [-0.2, -0.15) is 0 Å². The van der Waals surface area contributed by atoms with Crippen LogP contribution in [-0.4, -0.2) is 0 Å². The topological polar surface area (TPSA) is 21.5 Å². The highest BCUT2D eigenvalue weighted by Crippen LogP contribution is 2.57. The Morgan fingerprint density at radius 2 is 0.899 bits per heavy atom. The van der Waals surface area contributed by atoms with E-state index in [1.165, 1.54) is 44.5 Å². The second kappa shape index (κ2) is 16.7. The van der Waals surface area contributed by atoms with E-state index in [0.29, 0.717) is 0 Å². The Bertz CT molecular complexity index is 3780. The van der Waals surface area contributed by atoms with Crippen LogP contribution in [0.1, 0.15) is 39.4 Å². The van der Waals surface area contributed by atoms with Gasteiger partial charge in [-0.05, 0) is 119 Å². The van der Waals surface area contributed by atoms with Crippen molar-refractivity contribution in [3.05, 3.63) is 312 Å². The zero-order valence-electron chi connectivity index (χ0n) is 37.9. The van der Waals surface area contributed by atoms with E-state index in [1.54, 1.807) is 0 Å². The molecule has 2 heterocycles. The Morgan fingerprint density at radius 3 is 1.58 bits per heavy atom. The van der Waals surface area contributed by atoms with Gasteiger partial charge in [0, 0.05) is 28.7 Å². The summed E-state index contributed by atoms with van der Waals surface area (Å²) in [6.07, 6.45) is 0. The van der Waals surface area contributed by atoms with Gasteiger partial charge in [0.05, 0.1) is 16.4 Å². The number of fused-ring (bicyclic) bond motifs is 6. The van der Waals surface area contributed by atoms with Gasteiger partial charge < -0.3 is 4.90 Å². The van der Waals surface area contributed by atoms with E-state index in [1.807, 2.05) is 0 Å². The summed E-state index contributed by atoms with van der Waals surface area (Å²) in [5.41, 5.74) is 18.2. The molecule has 3 heteroatoms. The molecule has 1 atom stereocenters. The van der Waals surface area contributed by atoms with Crippen LogP contribution < -0.4 is 14.6 Å². The first-order chi connectivity index (χ1) is 34.2. The van der Waals surface area contributed by atoms with Crippen LogP contribution >= 0.6 is 0 Å². The molecule has 3 nitrogen and oxygen atoms in total. The average molecular weight is 881 g/mol. The molecule has 0 amide bonds. The molecule has 0 N–H and O–H groups in total. The van der Waals surface area contributed by atoms with Gasteiger partial charge in [-0.3, -0.25) is 0 Å². The van der Waals surface area contributed by atoms with Crippen LogP contribution in [0.25, 0.3) is 49.9 Å². The molecule has 11 aromatic rings. The van der Waals surface area contributed by atoms with Crippen molar-refractivity contribution in [2.45, 2.75) is 11.5 Å². The molecule has 0 spiro atoms. The minimum atomic E-state index is -0.551. The van der Waals surface area contributed by atoms with E-state index in [0.717, 1.165) is 61.1 Å². The normalized spacial score (nSPS) is 14.1. The molecule has 2 aliphatic rings. The van der Waals surface area contributed by atoms with Crippen LogP contribution in [0.5, 0.6) is 0 Å². The summed E-state index contributed by atoms with van der Waals surface area (Å²) in [4.78, 5) is 2.46. The number of anilines is 3. The first-order valence-corrected chi connectivity index (χ1v) is 23.8. The highest BCUT2D eigenvalue weighted by atomic mass is 15.2. The van der Waals surface area contributed by atoms with Gasteiger partial charge >= 0.3 is 0 Å². The molecule has 324 valence electrons. The summed E-state index contributed by atoms with van der Waals surface area (Å²) in [7, 11) is 0. The highest BCUT2D eigenvalue weighted by molar-refractivity contribution is 5.95. The van der Waals surface area contributed by atoms with Crippen LogP contribution in [0.15, 0.2) is 278 Å². The van der Waals surface area contributed by atoms with E-state index < -0.39 is 5.41 Å². The maximum absolute atomic E-state index is 5.64. The van der Waals surface area contributed by atoms with Gasteiger partial charge in [0.2, 0.25) is 5.69 Å². The lowest BCUT2D eigenvalue weighted by atomic mass is 9.67. The third-order valence-electron chi connectivity index (χ3n) is 14.2. The van der Waals surface area contributed by atoms with E-state index in [9.17, 15) is 0 Å². The molecule has 10 aromatic carbocycles. The zero-order chi connectivity index (χ0) is 45.7. The molecule has 0 saturated carbocycles. The SMILES string of the molecule is c1ccc(C2=c3c4cc(N(c5cccc(-c6ccccc6)c5)c5ccc6c(c5)C(c5ccccc5)(c5ccccc5)c5ccccc5-6)ccc4cc(-c4ccccc4)[n+]3=NC2c2ccccc2)cc1. The van der Waals surface area contributed by atoms with Crippen LogP contribution in [0, 0.1) is 0 Å². The lowest BCUT2D eigenvalue weighted by Crippen LogP contribution is -2.38. The maximum Gasteiger partial charge on any atom is 0.252 e. The fourth-order valence-electron chi connectivity index (χ4n) is 11.2. The first kappa shape index (κ1) is 40.4. The number of pyridine rings is 1. The lowest BCUT2D eigenvalue weighted by Gasteiger charge is -2.35. The Balaban J connectivity index is 1.11. The molecule has 1 unspecified atom stereocenters. The molecule has 0 radical (unpaired) electrons. The maximum atomic E-state index is 5.64. The lowest BCUT2D eigenvalue weighted by molar-refractivity contribution is -0.546. The van der Waals surface area contributed by atoms with Crippen molar-refractivity contribution < 1.29 is 4.36 Å². The second-order valence-corrected chi connectivity index (χ2v) is 18.0. The van der Waals surface area contributed by atoms with Crippen molar-refractivity contribution in [3.63, 3.8) is 0 Å². The van der Waals surface area contributed by atoms with E-state index in [4.69, 9.17) is 5.11 Å². The van der Waals surface area contributed by atoms with Gasteiger partial charge in [-0.25, -0.2) is 0 Å². The number of hydrogen-bond acceptors (Lipinski definition) is 2. The summed E-state index contributed by atoms with van der Waals surface area (Å²) >= 11 is 0. The molecule has 13 rings (SSSR count). The monoisotopic (exact) mass is 880 g/mol. The quantitative estimate of drug-likeness (QED) is 0.132. The molecule has 0 saturated heterocycles. The molecule has 1 aromatic heterocycles. The minimum Gasteiger partial charge on any atom is -0.310 e. The van der Waals surface area contributed by atoms with E-state index >= 15 is 0 Å². The standard InChI is InChI=1S/C66H46N3/c1-7-22-46(23-8-1)50-30-21-35-54(42-50)68(56-40-41-58-57-36-19-20-37-60(57)66(61(58)45-56,52-31-15-5-16-32-52)53-33-17-6-18-34-53)55-39-38-51-43-62(47-24-9-2-10-25-47)69-65(59(51)44-55)63(48-26-11-3-12-27-48)64(67-69)49-28-13-4-14-29-49/h1-45,64H/q+1. The minimum absolute atomic E-state index is 0.216. The zero-order valence-corrected chi connectivity index (χ0v) is 37.9. The van der Waals surface area contributed by atoms with Crippen LogP contribution in [0.4, 0.5) is 17.1 Å². The molecule has 69 heavy (non-hydrogen) atoms. The van der Waals surface area contributed by atoms with Crippen LogP contribution in [-0.2, 0) is 5.41 Å². The van der Waals surface area contributed by atoms with Gasteiger partial charge in [0.15, 0.2) is 6.04 Å². The Hall–Kier alpha value is -8.92. The van der Waals surface area contributed by atoms with Crippen LogP contribution in [0.3, 0.4) is 0 Å². The number of rotatable bonds is 9. The summed E-state index contributed by atoms with van der Waals surface area (Å²) < 4.78 is 2.22. The van der Waals surface area contributed by atoms with Crippen molar-refractivity contribution >= 4 is 33.4 Å². The van der Waals surface area contributed by atoms with Crippen LogP contribution in [0.2, 0.25) is 0 Å². The Morgan fingerprint density at radius 1 is 0.377 bits per heavy atom. The van der Waals surface area contributed by atoms with Crippen molar-refractivity contribution in [1.82, 2.24) is 0 Å². The summed E-state index contributed by atoms with van der Waals surface area (Å²) in [5.74, 6) is 0. The predicted octanol–water partition coefficient (Wildman–Crippen LogP) is 15.3. The highest BCUT2D eigenvalue weighted by Gasteiger charge is 2.46. The average Bonchev–Trinajstić information content (AvgIpc) is 3.98.